The van der Waals surface area contributed by atoms with Crippen LogP contribution in [0.2, 0.25) is 5.02 Å². The maximum Gasteiger partial charge on any atom is 0.116 e. The van der Waals surface area contributed by atoms with Gasteiger partial charge in [-0.2, -0.15) is 0 Å². The molecule has 0 saturated carbocycles. The Kier molecular flexibility index (Phi) is 2.00. The largest absolute Gasteiger partial charge is 0.353 e. The molecule has 2 aromatic heterocycles. The first kappa shape index (κ1) is 10.1. The Bertz CT molecular complexity index is 761. The fraction of sp³-hybridized carbons (Fsp3) is 0.143. The molecule has 0 atom stereocenters. The number of rotatable bonds is 0. The lowest BCUT2D eigenvalue weighted by atomic mass is 9.93. The number of aromatic nitrogens is 3. The molecule has 0 saturated heterocycles. The van der Waals surface area contributed by atoms with Crippen LogP contribution in [0.5, 0.6) is 0 Å². The third-order valence-corrected chi connectivity index (χ3v) is 3.77. The van der Waals surface area contributed by atoms with E-state index in [2.05, 4.69) is 15.0 Å². The van der Waals surface area contributed by atoms with Crippen molar-refractivity contribution in [3.05, 3.63) is 46.9 Å². The van der Waals surface area contributed by atoms with Crippen LogP contribution in [0.3, 0.4) is 0 Å². The van der Waals surface area contributed by atoms with E-state index in [-0.39, 0.29) is 0 Å². The van der Waals surface area contributed by atoms with Gasteiger partial charge in [0, 0.05) is 22.1 Å². The molecule has 18 heavy (non-hydrogen) atoms. The molecule has 1 aliphatic carbocycles. The molecular formula is C14H10ClN3. The highest BCUT2D eigenvalue weighted by molar-refractivity contribution is 6.31. The summed E-state index contributed by atoms with van der Waals surface area (Å²) < 4.78 is 0. The monoisotopic (exact) mass is 255 g/mol. The van der Waals surface area contributed by atoms with Crippen LogP contribution >= 0.6 is 11.6 Å². The number of nitrogens with one attached hydrogen (secondary N) is 1. The van der Waals surface area contributed by atoms with Crippen molar-refractivity contribution in [2.45, 2.75) is 12.8 Å². The molecule has 1 N–H and O–H groups in total. The van der Waals surface area contributed by atoms with Gasteiger partial charge in [0.2, 0.25) is 0 Å². The Morgan fingerprint density at radius 1 is 1.22 bits per heavy atom. The Morgan fingerprint density at radius 2 is 2.17 bits per heavy atom. The minimum Gasteiger partial charge on any atom is -0.353 e. The van der Waals surface area contributed by atoms with Crippen LogP contribution in [0.4, 0.5) is 0 Å². The van der Waals surface area contributed by atoms with Crippen molar-refractivity contribution in [3.63, 3.8) is 0 Å². The Balaban J connectivity index is 2.08. The van der Waals surface area contributed by atoms with Crippen LogP contribution in [-0.4, -0.2) is 15.0 Å². The van der Waals surface area contributed by atoms with Gasteiger partial charge < -0.3 is 4.98 Å². The van der Waals surface area contributed by atoms with Gasteiger partial charge >= 0.3 is 0 Å². The van der Waals surface area contributed by atoms with Gasteiger partial charge in [-0.1, -0.05) is 11.6 Å². The third-order valence-electron chi connectivity index (χ3n) is 3.54. The van der Waals surface area contributed by atoms with E-state index in [0.717, 1.165) is 34.8 Å². The zero-order chi connectivity index (χ0) is 12.1. The maximum atomic E-state index is 6.08. The van der Waals surface area contributed by atoms with Gasteiger partial charge in [0.15, 0.2) is 0 Å². The van der Waals surface area contributed by atoms with E-state index in [1.165, 1.54) is 16.5 Å². The first-order chi connectivity index (χ1) is 8.83. The lowest BCUT2D eigenvalue weighted by Gasteiger charge is -2.14. The number of fused-ring (bicyclic) bond motifs is 5. The molecule has 3 nitrogen and oxygen atoms in total. The van der Waals surface area contributed by atoms with E-state index in [4.69, 9.17) is 11.6 Å². The van der Waals surface area contributed by atoms with E-state index >= 15 is 0 Å². The summed E-state index contributed by atoms with van der Waals surface area (Å²) >= 11 is 6.08. The third kappa shape index (κ3) is 1.31. The minimum absolute atomic E-state index is 0.776. The Labute approximate surface area is 109 Å². The average molecular weight is 256 g/mol. The summed E-state index contributed by atoms with van der Waals surface area (Å²) in [6.07, 6.45) is 5.51. The molecule has 0 amide bonds. The van der Waals surface area contributed by atoms with Gasteiger partial charge in [0.05, 0.1) is 11.4 Å². The van der Waals surface area contributed by atoms with Crippen molar-refractivity contribution in [1.29, 1.82) is 0 Å². The summed E-state index contributed by atoms with van der Waals surface area (Å²) in [4.78, 5) is 11.9. The van der Waals surface area contributed by atoms with Crippen molar-refractivity contribution < 1.29 is 0 Å². The second kappa shape index (κ2) is 3.56. The molecule has 0 aliphatic heterocycles. The van der Waals surface area contributed by atoms with Crippen molar-refractivity contribution in [2.24, 2.45) is 0 Å². The summed E-state index contributed by atoms with van der Waals surface area (Å²) in [6.45, 7) is 0. The van der Waals surface area contributed by atoms with E-state index < -0.39 is 0 Å². The van der Waals surface area contributed by atoms with Crippen LogP contribution in [-0.2, 0) is 12.8 Å². The Morgan fingerprint density at radius 3 is 3.11 bits per heavy atom. The highest BCUT2D eigenvalue weighted by Crippen LogP contribution is 2.36. The lowest BCUT2D eigenvalue weighted by Crippen LogP contribution is -2.05. The number of nitrogens with zero attached hydrogens (tertiary/aromatic N) is 2. The van der Waals surface area contributed by atoms with Crippen molar-refractivity contribution in [3.8, 4) is 11.4 Å². The van der Waals surface area contributed by atoms with Crippen LogP contribution in [0.1, 0.15) is 11.1 Å². The van der Waals surface area contributed by atoms with E-state index in [9.17, 15) is 0 Å². The highest BCUT2D eigenvalue weighted by atomic mass is 35.5. The zero-order valence-corrected chi connectivity index (χ0v) is 10.3. The molecule has 1 aromatic carbocycles. The zero-order valence-electron chi connectivity index (χ0n) is 9.57. The van der Waals surface area contributed by atoms with Crippen LogP contribution < -0.4 is 0 Å². The molecule has 3 aromatic rings. The van der Waals surface area contributed by atoms with Crippen LogP contribution in [0, 0.1) is 0 Å². The number of benzene rings is 1. The molecule has 4 rings (SSSR count). The van der Waals surface area contributed by atoms with Gasteiger partial charge in [0.25, 0.3) is 0 Å². The number of H-pyrrole nitrogens is 1. The molecule has 1 aliphatic rings. The fourth-order valence-electron chi connectivity index (χ4n) is 2.71. The summed E-state index contributed by atoms with van der Waals surface area (Å²) in [5.74, 6) is 0. The number of hydrogen-bond acceptors (Lipinski definition) is 2. The van der Waals surface area contributed by atoms with Crippen molar-refractivity contribution in [2.75, 3.05) is 0 Å². The van der Waals surface area contributed by atoms with Crippen molar-refractivity contribution in [1.82, 2.24) is 15.0 Å². The van der Waals surface area contributed by atoms with E-state index in [0.29, 0.717) is 0 Å². The molecule has 0 radical (unpaired) electrons. The van der Waals surface area contributed by atoms with Crippen molar-refractivity contribution >= 4 is 22.5 Å². The normalized spacial score (nSPS) is 13.4. The maximum absolute atomic E-state index is 6.08. The number of halogens is 1. The van der Waals surface area contributed by atoms with Gasteiger partial charge in [-0.3, -0.25) is 0 Å². The molecule has 4 heteroatoms. The molecule has 88 valence electrons. The number of aryl methyl sites for hydroxylation is 2. The van der Waals surface area contributed by atoms with Crippen LogP contribution in [0.15, 0.2) is 30.7 Å². The molecular weight excluding hydrogens is 246 g/mol. The summed E-state index contributed by atoms with van der Waals surface area (Å²) in [7, 11) is 0. The summed E-state index contributed by atoms with van der Waals surface area (Å²) in [5.41, 5.74) is 5.80. The first-order valence-electron chi connectivity index (χ1n) is 5.92. The van der Waals surface area contributed by atoms with Gasteiger partial charge in [0.1, 0.15) is 6.33 Å². The lowest BCUT2D eigenvalue weighted by molar-refractivity contribution is 0.913. The quantitative estimate of drug-likeness (QED) is 0.669. The van der Waals surface area contributed by atoms with Gasteiger partial charge in [-0.15, -0.1) is 0 Å². The summed E-state index contributed by atoms with van der Waals surface area (Å²) in [6, 6.07) is 5.96. The first-order valence-corrected chi connectivity index (χ1v) is 6.30. The molecule has 0 bridgehead atoms. The molecule has 2 heterocycles. The molecule has 0 unspecified atom stereocenters. The van der Waals surface area contributed by atoms with Gasteiger partial charge in [-0.25, -0.2) is 9.97 Å². The summed E-state index contributed by atoms with van der Waals surface area (Å²) in [5, 5.41) is 1.99. The van der Waals surface area contributed by atoms with E-state index in [1.54, 1.807) is 6.33 Å². The second-order valence-electron chi connectivity index (χ2n) is 4.57. The predicted molar refractivity (Wildman–Crippen MR) is 71.7 cm³/mol. The average Bonchev–Trinajstić information content (AvgIpc) is 2.77. The predicted octanol–water partition coefficient (Wildman–Crippen LogP) is 3.38. The van der Waals surface area contributed by atoms with E-state index in [1.807, 2.05) is 24.4 Å². The number of hydrogen-bond donors (Lipinski definition) is 1. The highest BCUT2D eigenvalue weighted by Gasteiger charge is 2.21. The molecule has 0 spiro atoms. The smallest absolute Gasteiger partial charge is 0.116 e. The fourth-order valence-corrected chi connectivity index (χ4v) is 2.88. The Hall–Kier alpha value is -1.87. The van der Waals surface area contributed by atoms with Crippen LogP contribution in [0.25, 0.3) is 22.3 Å². The van der Waals surface area contributed by atoms with Gasteiger partial charge in [-0.05, 0) is 42.2 Å². The SMILES string of the molecule is Clc1ccc2[nH]c3c(c2c1)CCc1cncnc1-3. The minimum atomic E-state index is 0.776. The number of aromatic amines is 1. The standard InChI is InChI=1S/C14H10ClN3/c15-9-2-4-12-11(5-9)10-3-1-8-6-16-7-17-13(8)14(10)18-12/h2,4-7,18H,1,3H2. The topological polar surface area (TPSA) is 41.6 Å². The molecule has 0 fully saturated rings. The second-order valence-corrected chi connectivity index (χ2v) is 5.00.